The number of hydrogen-bond donors (Lipinski definition) is 3. The largest absolute Gasteiger partial charge is 0.480 e. The van der Waals surface area contributed by atoms with E-state index < -0.39 is 5.97 Å². The van der Waals surface area contributed by atoms with Gasteiger partial charge in [-0.3, -0.25) is 9.78 Å². The minimum atomic E-state index is -1.02. The second-order valence-electron chi connectivity index (χ2n) is 5.39. The molecule has 0 bridgehead atoms. The number of rotatable bonds is 7. The zero-order valence-corrected chi connectivity index (χ0v) is 13.7. The molecular weight excluding hydrogens is 337 g/mol. The minimum absolute atomic E-state index is 0.165. The number of carboxylic acids is 1. The SMILES string of the molecule is O=C(O)CNc1nc(NCc2ccccc2F)cc(-c2ccncc2)n1. The predicted molar refractivity (Wildman–Crippen MR) is 95.1 cm³/mol. The van der Waals surface area contributed by atoms with Crippen LogP contribution in [0.4, 0.5) is 16.2 Å². The van der Waals surface area contributed by atoms with Crippen molar-refractivity contribution in [1.82, 2.24) is 15.0 Å². The fourth-order valence-electron chi connectivity index (χ4n) is 2.27. The van der Waals surface area contributed by atoms with Gasteiger partial charge in [0.1, 0.15) is 18.2 Å². The molecule has 0 fully saturated rings. The lowest BCUT2D eigenvalue weighted by Gasteiger charge is -2.11. The van der Waals surface area contributed by atoms with Crippen molar-refractivity contribution in [2.45, 2.75) is 6.54 Å². The topological polar surface area (TPSA) is 100 Å². The van der Waals surface area contributed by atoms with E-state index in [1.807, 2.05) is 0 Å². The van der Waals surface area contributed by atoms with Gasteiger partial charge in [-0.25, -0.2) is 9.37 Å². The van der Waals surface area contributed by atoms with Crippen molar-refractivity contribution in [1.29, 1.82) is 0 Å². The second-order valence-corrected chi connectivity index (χ2v) is 5.39. The van der Waals surface area contributed by atoms with Crippen LogP contribution >= 0.6 is 0 Å². The molecule has 0 saturated heterocycles. The van der Waals surface area contributed by atoms with E-state index in [9.17, 15) is 9.18 Å². The van der Waals surface area contributed by atoms with E-state index in [1.54, 1.807) is 48.8 Å². The number of hydrogen-bond acceptors (Lipinski definition) is 6. The molecule has 2 heterocycles. The number of carbonyl (C=O) groups is 1. The Labute approximate surface area is 149 Å². The van der Waals surface area contributed by atoms with E-state index in [4.69, 9.17) is 5.11 Å². The number of anilines is 2. The molecule has 0 aliphatic heterocycles. The van der Waals surface area contributed by atoms with E-state index in [0.29, 0.717) is 17.1 Å². The number of aliphatic carboxylic acids is 1. The molecule has 26 heavy (non-hydrogen) atoms. The summed E-state index contributed by atoms with van der Waals surface area (Å²) >= 11 is 0. The third-order valence-corrected chi connectivity index (χ3v) is 3.52. The Hall–Kier alpha value is -3.55. The van der Waals surface area contributed by atoms with Crippen LogP contribution in [-0.4, -0.2) is 32.6 Å². The van der Waals surface area contributed by atoms with Crippen molar-refractivity contribution in [2.75, 3.05) is 17.2 Å². The predicted octanol–water partition coefficient (Wildman–Crippen LogP) is 2.79. The molecule has 0 amide bonds. The lowest BCUT2D eigenvalue weighted by molar-refractivity contribution is -0.134. The van der Waals surface area contributed by atoms with Gasteiger partial charge in [-0.15, -0.1) is 0 Å². The van der Waals surface area contributed by atoms with E-state index in [0.717, 1.165) is 5.56 Å². The molecule has 3 rings (SSSR count). The molecule has 8 heteroatoms. The minimum Gasteiger partial charge on any atom is -0.480 e. The van der Waals surface area contributed by atoms with Crippen molar-refractivity contribution in [3.05, 3.63) is 66.2 Å². The van der Waals surface area contributed by atoms with E-state index in [1.165, 1.54) is 6.07 Å². The number of aromatic nitrogens is 3. The first-order valence-corrected chi connectivity index (χ1v) is 7.84. The fourth-order valence-corrected chi connectivity index (χ4v) is 2.27. The second kappa shape index (κ2) is 8.02. The van der Waals surface area contributed by atoms with Crippen LogP contribution in [0.3, 0.4) is 0 Å². The Morgan fingerprint density at radius 2 is 1.85 bits per heavy atom. The Bertz CT molecular complexity index is 905. The van der Waals surface area contributed by atoms with Gasteiger partial charge < -0.3 is 15.7 Å². The van der Waals surface area contributed by atoms with Crippen LogP contribution in [0.2, 0.25) is 0 Å². The van der Waals surface area contributed by atoms with E-state index >= 15 is 0 Å². The van der Waals surface area contributed by atoms with Crippen molar-refractivity contribution >= 4 is 17.7 Å². The molecule has 0 aliphatic rings. The van der Waals surface area contributed by atoms with Gasteiger partial charge in [-0.2, -0.15) is 4.98 Å². The zero-order valence-electron chi connectivity index (χ0n) is 13.7. The van der Waals surface area contributed by atoms with Gasteiger partial charge in [0, 0.05) is 36.1 Å². The van der Waals surface area contributed by atoms with Gasteiger partial charge in [0.15, 0.2) is 0 Å². The van der Waals surface area contributed by atoms with E-state index in [2.05, 4.69) is 25.6 Å². The first-order chi connectivity index (χ1) is 12.6. The highest BCUT2D eigenvalue weighted by Crippen LogP contribution is 2.21. The molecule has 3 aromatic rings. The third kappa shape index (κ3) is 4.50. The molecular formula is C18H16FN5O2. The summed E-state index contributed by atoms with van der Waals surface area (Å²) in [4.78, 5) is 23.3. The molecule has 0 aliphatic carbocycles. The maximum atomic E-state index is 13.8. The average Bonchev–Trinajstić information content (AvgIpc) is 2.66. The van der Waals surface area contributed by atoms with Crippen molar-refractivity contribution < 1.29 is 14.3 Å². The van der Waals surface area contributed by atoms with Gasteiger partial charge in [-0.05, 0) is 18.2 Å². The summed E-state index contributed by atoms with van der Waals surface area (Å²) in [6.07, 6.45) is 3.27. The Kier molecular flexibility index (Phi) is 5.33. The summed E-state index contributed by atoms with van der Waals surface area (Å²) in [5.74, 6) is -0.725. The molecule has 0 saturated carbocycles. The quantitative estimate of drug-likeness (QED) is 0.600. The molecule has 1 aromatic carbocycles. The lowest BCUT2D eigenvalue weighted by Crippen LogP contribution is -2.15. The summed E-state index contributed by atoms with van der Waals surface area (Å²) in [5, 5.41) is 14.5. The third-order valence-electron chi connectivity index (χ3n) is 3.52. The maximum Gasteiger partial charge on any atom is 0.322 e. The number of nitrogens with zero attached hydrogens (tertiary/aromatic N) is 3. The summed E-state index contributed by atoms with van der Waals surface area (Å²) in [7, 11) is 0. The molecule has 132 valence electrons. The smallest absolute Gasteiger partial charge is 0.322 e. The summed E-state index contributed by atoms with van der Waals surface area (Å²) < 4.78 is 13.8. The molecule has 7 nitrogen and oxygen atoms in total. The molecule has 2 aromatic heterocycles. The van der Waals surface area contributed by atoms with Crippen LogP contribution in [0.1, 0.15) is 5.56 Å². The highest BCUT2D eigenvalue weighted by Gasteiger charge is 2.09. The van der Waals surface area contributed by atoms with Gasteiger partial charge in [0.05, 0.1) is 5.69 Å². The Morgan fingerprint density at radius 3 is 2.58 bits per heavy atom. The summed E-state index contributed by atoms with van der Waals surface area (Å²) in [5.41, 5.74) is 1.89. The number of benzene rings is 1. The number of nitrogens with one attached hydrogen (secondary N) is 2. The van der Waals surface area contributed by atoms with Crippen LogP contribution in [0.25, 0.3) is 11.3 Å². The van der Waals surface area contributed by atoms with Crippen LogP contribution in [0.15, 0.2) is 54.9 Å². The monoisotopic (exact) mass is 353 g/mol. The van der Waals surface area contributed by atoms with Crippen molar-refractivity contribution in [2.24, 2.45) is 0 Å². The zero-order chi connectivity index (χ0) is 18.4. The first kappa shape index (κ1) is 17.3. The summed E-state index contributed by atoms with van der Waals surface area (Å²) in [6, 6.07) is 11.7. The molecule has 0 unspecified atom stereocenters. The molecule has 0 atom stereocenters. The van der Waals surface area contributed by atoms with Crippen LogP contribution in [0, 0.1) is 5.82 Å². The normalized spacial score (nSPS) is 10.3. The standard InChI is InChI=1S/C18H16FN5O2/c19-14-4-2-1-3-13(14)10-21-16-9-15(12-5-7-20-8-6-12)23-18(24-16)22-11-17(25)26/h1-9H,10-11H2,(H,25,26)(H2,21,22,23,24). The van der Waals surface area contributed by atoms with Crippen LogP contribution < -0.4 is 10.6 Å². The van der Waals surface area contributed by atoms with Gasteiger partial charge >= 0.3 is 5.97 Å². The van der Waals surface area contributed by atoms with E-state index in [-0.39, 0.29) is 24.9 Å². The van der Waals surface area contributed by atoms with Crippen LogP contribution in [0.5, 0.6) is 0 Å². The van der Waals surface area contributed by atoms with Gasteiger partial charge in [0.2, 0.25) is 5.95 Å². The Morgan fingerprint density at radius 1 is 1.08 bits per heavy atom. The molecule has 0 radical (unpaired) electrons. The van der Waals surface area contributed by atoms with Gasteiger partial charge in [-0.1, -0.05) is 18.2 Å². The summed E-state index contributed by atoms with van der Waals surface area (Å²) in [6.45, 7) is -0.0790. The highest BCUT2D eigenvalue weighted by molar-refractivity contribution is 5.72. The van der Waals surface area contributed by atoms with Crippen molar-refractivity contribution in [3.63, 3.8) is 0 Å². The number of carboxylic acid groups (broad SMARTS) is 1. The fraction of sp³-hybridized carbons (Fsp3) is 0.111. The highest BCUT2D eigenvalue weighted by atomic mass is 19.1. The Balaban J connectivity index is 1.86. The van der Waals surface area contributed by atoms with Crippen molar-refractivity contribution in [3.8, 4) is 11.3 Å². The number of pyridine rings is 1. The first-order valence-electron chi connectivity index (χ1n) is 7.84. The number of halogens is 1. The maximum absolute atomic E-state index is 13.8. The molecule has 3 N–H and O–H groups in total. The van der Waals surface area contributed by atoms with Crippen LogP contribution in [-0.2, 0) is 11.3 Å². The van der Waals surface area contributed by atoms with Gasteiger partial charge in [0.25, 0.3) is 0 Å². The lowest BCUT2D eigenvalue weighted by atomic mass is 10.2. The molecule has 0 spiro atoms. The average molecular weight is 353 g/mol.